The van der Waals surface area contributed by atoms with Crippen LogP contribution in [0, 0.1) is 0 Å². The number of carbonyl (C=O) groups is 2. The molecule has 1 heterocycles. The van der Waals surface area contributed by atoms with Crippen LogP contribution < -0.4 is 10.1 Å². The molecule has 1 aromatic rings. The summed E-state index contributed by atoms with van der Waals surface area (Å²) in [5.41, 5.74) is 0.0252. The average molecular weight is 266 g/mol. The number of hydrogen-bond acceptors (Lipinski definition) is 4. The Morgan fingerprint density at radius 3 is 2.84 bits per heavy atom. The minimum atomic E-state index is -1.08. The van der Waals surface area contributed by atoms with Gasteiger partial charge in [-0.3, -0.25) is 9.78 Å². The molecular formula is C13H18N2O4. The van der Waals surface area contributed by atoms with Crippen molar-refractivity contribution in [2.24, 2.45) is 0 Å². The van der Waals surface area contributed by atoms with Crippen LogP contribution in [0.2, 0.25) is 0 Å². The van der Waals surface area contributed by atoms with Gasteiger partial charge < -0.3 is 15.2 Å². The zero-order chi connectivity index (χ0) is 14.3. The molecule has 6 nitrogen and oxygen atoms in total. The second kappa shape index (κ2) is 7.35. The van der Waals surface area contributed by atoms with Gasteiger partial charge in [0, 0.05) is 12.2 Å². The highest BCUT2D eigenvalue weighted by molar-refractivity contribution is 5.87. The van der Waals surface area contributed by atoms with Crippen LogP contribution >= 0.6 is 0 Å². The molecule has 1 rings (SSSR count). The lowest BCUT2D eigenvalue weighted by Gasteiger charge is -2.13. The average Bonchev–Trinajstić information content (AvgIpc) is 2.37. The van der Waals surface area contributed by atoms with Gasteiger partial charge in [-0.05, 0) is 19.4 Å². The van der Waals surface area contributed by atoms with E-state index in [0.717, 1.165) is 12.8 Å². The number of rotatable bonds is 7. The van der Waals surface area contributed by atoms with Gasteiger partial charge in [-0.2, -0.15) is 0 Å². The fourth-order valence-corrected chi connectivity index (χ4v) is 1.59. The SMILES string of the molecule is CCCC(C)NC(=O)COc1cncc(C(=O)O)c1. The molecule has 0 aliphatic heterocycles. The lowest BCUT2D eigenvalue weighted by Crippen LogP contribution is -2.35. The molecule has 0 aliphatic rings. The second-order valence-corrected chi connectivity index (χ2v) is 4.26. The quantitative estimate of drug-likeness (QED) is 0.780. The van der Waals surface area contributed by atoms with Crippen LogP contribution in [0.4, 0.5) is 0 Å². The zero-order valence-corrected chi connectivity index (χ0v) is 11.0. The van der Waals surface area contributed by atoms with Gasteiger partial charge in [-0.15, -0.1) is 0 Å². The highest BCUT2D eigenvalue weighted by atomic mass is 16.5. The summed E-state index contributed by atoms with van der Waals surface area (Å²) in [6.45, 7) is 3.81. The maximum Gasteiger partial charge on any atom is 0.337 e. The molecule has 0 fully saturated rings. The lowest BCUT2D eigenvalue weighted by molar-refractivity contribution is -0.123. The van der Waals surface area contributed by atoms with Crippen molar-refractivity contribution in [3.63, 3.8) is 0 Å². The van der Waals surface area contributed by atoms with Crippen molar-refractivity contribution in [2.45, 2.75) is 32.7 Å². The molecule has 6 heteroatoms. The Kier molecular flexibility index (Phi) is 5.78. The third-order valence-corrected chi connectivity index (χ3v) is 2.46. The number of carboxylic acids is 1. The first-order valence-corrected chi connectivity index (χ1v) is 6.13. The number of amides is 1. The highest BCUT2D eigenvalue weighted by Gasteiger charge is 2.09. The summed E-state index contributed by atoms with van der Waals surface area (Å²) >= 11 is 0. The van der Waals surface area contributed by atoms with E-state index >= 15 is 0 Å². The summed E-state index contributed by atoms with van der Waals surface area (Å²) < 4.78 is 5.20. The van der Waals surface area contributed by atoms with E-state index in [4.69, 9.17) is 9.84 Å². The van der Waals surface area contributed by atoms with Crippen molar-refractivity contribution >= 4 is 11.9 Å². The van der Waals surface area contributed by atoms with Crippen LogP contribution in [0.1, 0.15) is 37.0 Å². The Labute approximate surface area is 111 Å². The summed E-state index contributed by atoms with van der Waals surface area (Å²) in [5, 5.41) is 11.6. The number of aromatic carboxylic acids is 1. The number of ether oxygens (including phenoxy) is 1. The number of pyridine rings is 1. The molecule has 19 heavy (non-hydrogen) atoms. The number of aromatic nitrogens is 1. The lowest BCUT2D eigenvalue weighted by atomic mass is 10.2. The summed E-state index contributed by atoms with van der Waals surface area (Å²) in [7, 11) is 0. The summed E-state index contributed by atoms with van der Waals surface area (Å²) in [5.74, 6) is -1.06. The van der Waals surface area contributed by atoms with Crippen molar-refractivity contribution in [3.05, 3.63) is 24.0 Å². The Balaban J connectivity index is 2.46. The van der Waals surface area contributed by atoms with E-state index in [1.165, 1.54) is 18.5 Å². The van der Waals surface area contributed by atoms with Crippen molar-refractivity contribution in [3.8, 4) is 5.75 Å². The van der Waals surface area contributed by atoms with Crippen LogP contribution in [0.5, 0.6) is 5.75 Å². The van der Waals surface area contributed by atoms with Crippen molar-refractivity contribution in [2.75, 3.05) is 6.61 Å². The first-order valence-electron chi connectivity index (χ1n) is 6.13. The fraction of sp³-hybridized carbons (Fsp3) is 0.462. The predicted molar refractivity (Wildman–Crippen MR) is 69.2 cm³/mol. The van der Waals surface area contributed by atoms with Crippen LogP contribution in [0.15, 0.2) is 18.5 Å². The Hall–Kier alpha value is -2.11. The molecule has 0 aliphatic carbocycles. The number of nitrogens with one attached hydrogen (secondary N) is 1. The maximum absolute atomic E-state index is 11.5. The van der Waals surface area contributed by atoms with E-state index in [0.29, 0.717) is 0 Å². The van der Waals surface area contributed by atoms with Gasteiger partial charge >= 0.3 is 5.97 Å². The third kappa shape index (κ3) is 5.37. The normalized spacial score (nSPS) is 11.7. The minimum absolute atomic E-state index is 0.0252. The smallest absolute Gasteiger partial charge is 0.337 e. The number of hydrogen-bond donors (Lipinski definition) is 2. The van der Waals surface area contributed by atoms with Crippen LogP contribution in [-0.2, 0) is 4.79 Å². The first kappa shape index (κ1) is 14.9. The van der Waals surface area contributed by atoms with Gasteiger partial charge in [0.05, 0.1) is 11.8 Å². The van der Waals surface area contributed by atoms with Crippen molar-refractivity contribution < 1.29 is 19.4 Å². The number of carbonyl (C=O) groups excluding carboxylic acids is 1. The molecule has 1 aromatic heterocycles. The predicted octanol–water partition coefficient (Wildman–Crippen LogP) is 1.46. The van der Waals surface area contributed by atoms with Gasteiger partial charge in [-0.1, -0.05) is 13.3 Å². The van der Waals surface area contributed by atoms with Crippen LogP contribution in [0.25, 0.3) is 0 Å². The Bertz CT molecular complexity index is 448. The molecule has 0 radical (unpaired) electrons. The maximum atomic E-state index is 11.5. The molecule has 0 saturated heterocycles. The molecule has 0 saturated carbocycles. The van der Waals surface area contributed by atoms with Crippen molar-refractivity contribution in [1.29, 1.82) is 0 Å². The molecule has 104 valence electrons. The van der Waals surface area contributed by atoms with E-state index in [1.807, 2.05) is 13.8 Å². The van der Waals surface area contributed by atoms with Crippen LogP contribution in [0.3, 0.4) is 0 Å². The molecular weight excluding hydrogens is 248 g/mol. The molecule has 1 amide bonds. The van der Waals surface area contributed by atoms with Crippen LogP contribution in [-0.4, -0.2) is 34.6 Å². The van der Waals surface area contributed by atoms with E-state index < -0.39 is 5.97 Å². The van der Waals surface area contributed by atoms with E-state index in [9.17, 15) is 9.59 Å². The molecule has 0 spiro atoms. The Morgan fingerprint density at radius 1 is 1.47 bits per heavy atom. The third-order valence-electron chi connectivity index (χ3n) is 2.46. The molecule has 1 atom stereocenters. The number of carboxylic acid groups (broad SMARTS) is 1. The minimum Gasteiger partial charge on any atom is -0.482 e. The van der Waals surface area contributed by atoms with Crippen molar-refractivity contribution in [1.82, 2.24) is 10.3 Å². The monoisotopic (exact) mass is 266 g/mol. The van der Waals surface area contributed by atoms with Gasteiger partial charge in [0.25, 0.3) is 5.91 Å². The largest absolute Gasteiger partial charge is 0.482 e. The molecule has 2 N–H and O–H groups in total. The summed E-state index contributed by atoms with van der Waals surface area (Å²) in [6.07, 6.45) is 4.49. The van der Waals surface area contributed by atoms with Gasteiger partial charge in [0.1, 0.15) is 5.75 Å². The van der Waals surface area contributed by atoms with Gasteiger partial charge in [0.2, 0.25) is 0 Å². The van der Waals surface area contributed by atoms with E-state index in [2.05, 4.69) is 10.3 Å². The molecule has 0 aromatic carbocycles. The second-order valence-electron chi connectivity index (χ2n) is 4.26. The molecule has 0 bridgehead atoms. The summed E-state index contributed by atoms with van der Waals surface area (Å²) in [6, 6.07) is 1.43. The topological polar surface area (TPSA) is 88.5 Å². The summed E-state index contributed by atoms with van der Waals surface area (Å²) in [4.78, 5) is 26.0. The van der Waals surface area contributed by atoms with E-state index in [1.54, 1.807) is 0 Å². The molecule has 1 unspecified atom stereocenters. The highest BCUT2D eigenvalue weighted by Crippen LogP contribution is 2.10. The zero-order valence-electron chi connectivity index (χ0n) is 11.0. The fourth-order valence-electron chi connectivity index (χ4n) is 1.59. The Morgan fingerprint density at radius 2 is 2.21 bits per heavy atom. The first-order chi connectivity index (χ1) is 9.02. The number of nitrogens with zero attached hydrogens (tertiary/aromatic N) is 1. The van der Waals surface area contributed by atoms with Gasteiger partial charge in [-0.25, -0.2) is 4.79 Å². The standard InChI is InChI=1S/C13H18N2O4/c1-3-4-9(2)15-12(16)8-19-11-5-10(13(17)18)6-14-7-11/h5-7,9H,3-4,8H2,1-2H3,(H,15,16)(H,17,18). The van der Waals surface area contributed by atoms with Gasteiger partial charge in [0.15, 0.2) is 6.61 Å². The van der Waals surface area contributed by atoms with E-state index in [-0.39, 0.29) is 29.9 Å².